The molecule has 2 heterocycles. The van der Waals surface area contributed by atoms with Crippen molar-refractivity contribution in [1.82, 2.24) is 9.97 Å². The van der Waals surface area contributed by atoms with Crippen LogP contribution in [0.3, 0.4) is 0 Å². The van der Waals surface area contributed by atoms with Gasteiger partial charge in [-0.15, -0.1) is 0 Å². The van der Waals surface area contributed by atoms with Crippen molar-refractivity contribution in [3.05, 3.63) is 35.9 Å². The highest BCUT2D eigenvalue weighted by Gasteiger charge is 2.16. The normalized spacial score (nSPS) is 11.2. The molecule has 0 fully saturated rings. The van der Waals surface area contributed by atoms with E-state index < -0.39 is 0 Å². The number of rotatable bonds is 2. The summed E-state index contributed by atoms with van der Waals surface area (Å²) in [5.74, 6) is 1.34. The molecule has 18 heavy (non-hydrogen) atoms. The number of benzene rings is 1. The fourth-order valence-electron chi connectivity index (χ4n) is 2.07. The van der Waals surface area contributed by atoms with Gasteiger partial charge in [-0.3, -0.25) is 0 Å². The van der Waals surface area contributed by atoms with Gasteiger partial charge in [0.1, 0.15) is 11.5 Å². The van der Waals surface area contributed by atoms with Gasteiger partial charge in [-0.05, 0) is 19.1 Å². The summed E-state index contributed by atoms with van der Waals surface area (Å²) in [5.41, 5.74) is 7.93. The van der Waals surface area contributed by atoms with Crippen LogP contribution in [0.15, 0.2) is 28.8 Å². The number of nitrogens with zero attached hydrogens (tertiary/aromatic N) is 1. The molecule has 0 aliphatic carbocycles. The Kier molecular flexibility index (Phi) is 2.34. The molecule has 5 nitrogen and oxygen atoms in total. The fourth-order valence-corrected chi connectivity index (χ4v) is 2.07. The number of phenols is 1. The molecular formula is C13H13N3O2. The first kappa shape index (κ1) is 10.9. The standard InChI is InChI=1S/C13H13N3O2/c1-7-11(5-14)18-13(16-7)8-6-15-9-3-2-4-10(17)12(8)9/h2-4,6,15,17H,5,14H2,1H3. The number of nitrogens with two attached hydrogens (primary N) is 1. The van der Waals surface area contributed by atoms with Gasteiger partial charge < -0.3 is 20.2 Å². The Bertz CT molecular complexity index is 712. The lowest BCUT2D eigenvalue weighted by molar-refractivity contribution is 0.481. The first-order valence-electron chi connectivity index (χ1n) is 5.66. The minimum absolute atomic E-state index is 0.203. The second-order valence-corrected chi connectivity index (χ2v) is 4.13. The lowest BCUT2D eigenvalue weighted by atomic mass is 10.1. The molecule has 0 saturated heterocycles. The molecule has 0 atom stereocenters. The third kappa shape index (κ3) is 1.48. The molecule has 3 aromatic rings. The molecule has 0 bridgehead atoms. The molecule has 92 valence electrons. The average molecular weight is 243 g/mol. The summed E-state index contributed by atoms with van der Waals surface area (Å²) < 4.78 is 5.60. The van der Waals surface area contributed by atoms with Gasteiger partial charge >= 0.3 is 0 Å². The van der Waals surface area contributed by atoms with Gasteiger partial charge in [-0.25, -0.2) is 4.98 Å². The van der Waals surface area contributed by atoms with Crippen LogP contribution in [0.5, 0.6) is 5.75 Å². The average Bonchev–Trinajstić information content (AvgIpc) is 2.93. The Morgan fingerprint density at radius 2 is 2.28 bits per heavy atom. The number of fused-ring (bicyclic) bond motifs is 1. The Morgan fingerprint density at radius 3 is 3.00 bits per heavy atom. The van der Waals surface area contributed by atoms with E-state index in [-0.39, 0.29) is 5.75 Å². The van der Waals surface area contributed by atoms with Crippen LogP contribution in [0.1, 0.15) is 11.5 Å². The molecule has 0 unspecified atom stereocenters. The van der Waals surface area contributed by atoms with Crippen molar-refractivity contribution in [3.8, 4) is 17.2 Å². The van der Waals surface area contributed by atoms with E-state index in [0.29, 0.717) is 23.6 Å². The number of aromatic amines is 1. The van der Waals surface area contributed by atoms with Gasteiger partial charge in [-0.1, -0.05) is 6.07 Å². The number of phenolic OH excluding ortho intramolecular Hbond substituents is 1. The van der Waals surface area contributed by atoms with Crippen molar-refractivity contribution in [1.29, 1.82) is 0 Å². The number of hydrogen-bond acceptors (Lipinski definition) is 4. The molecule has 0 amide bonds. The summed E-state index contributed by atoms with van der Waals surface area (Å²) in [6.45, 7) is 2.16. The van der Waals surface area contributed by atoms with E-state index in [1.54, 1.807) is 18.3 Å². The van der Waals surface area contributed by atoms with Crippen LogP contribution in [0, 0.1) is 6.92 Å². The molecule has 0 aliphatic heterocycles. The SMILES string of the molecule is Cc1nc(-c2c[nH]c3cccc(O)c23)oc1CN. The number of H-pyrrole nitrogens is 1. The highest BCUT2D eigenvalue weighted by atomic mass is 16.4. The summed E-state index contributed by atoms with van der Waals surface area (Å²) in [6, 6.07) is 5.31. The number of nitrogens with one attached hydrogen (secondary N) is 1. The van der Waals surface area contributed by atoms with Crippen LogP contribution in [-0.2, 0) is 6.54 Å². The van der Waals surface area contributed by atoms with Crippen LogP contribution in [0.2, 0.25) is 0 Å². The third-order valence-corrected chi connectivity index (χ3v) is 2.99. The van der Waals surface area contributed by atoms with Crippen molar-refractivity contribution >= 4 is 10.9 Å². The predicted octanol–water partition coefficient (Wildman–Crippen LogP) is 2.30. The maximum absolute atomic E-state index is 9.92. The predicted molar refractivity (Wildman–Crippen MR) is 68.1 cm³/mol. The first-order chi connectivity index (χ1) is 8.70. The van der Waals surface area contributed by atoms with E-state index in [9.17, 15) is 5.11 Å². The monoisotopic (exact) mass is 243 g/mol. The molecule has 2 aromatic heterocycles. The molecule has 3 rings (SSSR count). The van der Waals surface area contributed by atoms with Gasteiger partial charge in [0.05, 0.1) is 23.2 Å². The Hall–Kier alpha value is -2.27. The molecule has 5 heteroatoms. The zero-order valence-corrected chi connectivity index (χ0v) is 9.90. The van der Waals surface area contributed by atoms with Crippen LogP contribution in [-0.4, -0.2) is 15.1 Å². The fraction of sp³-hybridized carbons (Fsp3) is 0.154. The minimum Gasteiger partial charge on any atom is -0.507 e. The number of aromatic hydroxyl groups is 1. The van der Waals surface area contributed by atoms with E-state index in [0.717, 1.165) is 16.8 Å². The largest absolute Gasteiger partial charge is 0.507 e. The van der Waals surface area contributed by atoms with Crippen molar-refractivity contribution in [2.24, 2.45) is 5.73 Å². The topological polar surface area (TPSA) is 88.1 Å². The maximum atomic E-state index is 9.92. The van der Waals surface area contributed by atoms with Gasteiger partial charge in [0.25, 0.3) is 0 Å². The Balaban J connectivity index is 2.25. The quantitative estimate of drug-likeness (QED) is 0.644. The highest BCUT2D eigenvalue weighted by molar-refractivity contribution is 5.97. The molecule has 0 spiro atoms. The van der Waals surface area contributed by atoms with Crippen molar-refractivity contribution in [2.45, 2.75) is 13.5 Å². The van der Waals surface area contributed by atoms with Crippen LogP contribution >= 0.6 is 0 Å². The van der Waals surface area contributed by atoms with Gasteiger partial charge in [0, 0.05) is 11.7 Å². The highest BCUT2D eigenvalue weighted by Crippen LogP contribution is 2.34. The lowest BCUT2D eigenvalue weighted by Gasteiger charge is -1.97. The molecule has 0 saturated carbocycles. The number of aromatic nitrogens is 2. The van der Waals surface area contributed by atoms with E-state index in [2.05, 4.69) is 9.97 Å². The number of aryl methyl sites for hydroxylation is 1. The Labute approximate surface area is 103 Å². The van der Waals surface area contributed by atoms with E-state index in [1.165, 1.54) is 0 Å². The van der Waals surface area contributed by atoms with Crippen LogP contribution < -0.4 is 5.73 Å². The van der Waals surface area contributed by atoms with Crippen LogP contribution in [0.25, 0.3) is 22.4 Å². The third-order valence-electron chi connectivity index (χ3n) is 2.99. The van der Waals surface area contributed by atoms with Gasteiger partial charge in [-0.2, -0.15) is 0 Å². The number of oxazole rings is 1. The summed E-state index contributed by atoms with van der Waals surface area (Å²) in [5, 5.41) is 10.6. The summed E-state index contributed by atoms with van der Waals surface area (Å²) in [6.07, 6.45) is 1.77. The van der Waals surface area contributed by atoms with Crippen molar-refractivity contribution in [2.75, 3.05) is 0 Å². The van der Waals surface area contributed by atoms with E-state index >= 15 is 0 Å². The lowest BCUT2D eigenvalue weighted by Crippen LogP contribution is -1.95. The zero-order valence-electron chi connectivity index (χ0n) is 9.90. The number of hydrogen-bond donors (Lipinski definition) is 3. The smallest absolute Gasteiger partial charge is 0.228 e. The maximum Gasteiger partial charge on any atom is 0.228 e. The second kappa shape index (κ2) is 3.89. The summed E-state index contributed by atoms with van der Waals surface area (Å²) in [7, 11) is 0. The van der Waals surface area contributed by atoms with Crippen LogP contribution in [0.4, 0.5) is 0 Å². The molecular weight excluding hydrogens is 230 g/mol. The summed E-state index contributed by atoms with van der Waals surface area (Å²) in [4.78, 5) is 7.42. The van der Waals surface area contributed by atoms with Gasteiger partial charge in [0.15, 0.2) is 0 Å². The van der Waals surface area contributed by atoms with E-state index in [1.807, 2.05) is 13.0 Å². The minimum atomic E-state index is 0.203. The molecule has 4 N–H and O–H groups in total. The molecule has 0 aliphatic rings. The summed E-state index contributed by atoms with van der Waals surface area (Å²) >= 11 is 0. The van der Waals surface area contributed by atoms with E-state index in [4.69, 9.17) is 10.2 Å². The Morgan fingerprint density at radius 1 is 1.44 bits per heavy atom. The first-order valence-corrected chi connectivity index (χ1v) is 5.66. The van der Waals surface area contributed by atoms with Gasteiger partial charge in [0.2, 0.25) is 5.89 Å². The zero-order chi connectivity index (χ0) is 12.7. The van der Waals surface area contributed by atoms with Crippen molar-refractivity contribution < 1.29 is 9.52 Å². The molecule has 0 radical (unpaired) electrons. The second-order valence-electron chi connectivity index (χ2n) is 4.13. The van der Waals surface area contributed by atoms with Crippen molar-refractivity contribution in [3.63, 3.8) is 0 Å². The molecule has 1 aromatic carbocycles.